The first-order valence-corrected chi connectivity index (χ1v) is 10.6. The first-order valence-electron chi connectivity index (χ1n) is 10.2. The number of hydrogen-bond donors (Lipinski definition) is 2. The van der Waals surface area contributed by atoms with E-state index in [1.807, 2.05) is 92.1 Å². The zero-order valence-corrected chi connectivity index (χ0v) is 17.8. The molecule has 2 aromatic carbocycles. The van der Waals surface area contributed by atoms with Gasteiger partial charge in [0, 0.05) is 23.8 Å². The van der Waals surface area contributed by atoms with Crippen molar-refractivity contribution < 1.29 is 4.74 Å². The lowest BCUT2D eigenvalue weighted by Crippen LogP contribution is -2.29. The molecule has 2 atom stereocenters. The van der Waals surface area contributed by atoms with Crippen molar-refractivity contribution in [3.05, 3.63) is 108 Å². The fourth-order valence-corrected chi connectivity index (χ4v) is 4.30. The maximum absolute atomic E-state index is 6.06. The summed E-state index contributed by atoms with van der Waals surface area (Å²) < 4.78 is 6.06. The van der Waals surface area contributed by atoms with Crippen molar-refractivity contribution in [1.29, 1.82) is 0 Å². The van der Waals surface area contributed by atoms with Crippen molar-refractivity contribution >= 4 is 23.0 Å². The number of thiocarbonyl (C=S) groups is 1. The van der Waals surface area contributed by atoms with E-state index in [0.717, 1.165) is 34.1 Å². The van der Waals surface area contributed by atoms with Gasteiger partial charge in [-0.1, -0.05) is 24.3 Å². The highest BCUT2D eigenvalue weighted by Gasteiger charge is 2.41. The Morgan fingerprint density at radius 3 is 2.45 bits per heavy atom. The fraction of sp³-hybridized carbons (Fsp3) is 0.120. The highest BCUT2D eigenvalue weighted by Crippen LogP contribution is 2.41. The van der Waals surface area contributed by atoms with Crippen LogP contribution in [-0.2, 0) is 0 Å². The molecule has 6 heteroatoms. The predicted octanol–water partition coefficient (Wildman–Crippen LogP) is 5.69. The Labute approximate surface area is 186 Å². The third-order valence-electron chi connectivity index (χ3n) is 5.48. The smallest absolute Gasteiger partial charge is 0.174 e. The van der Waals surface area contributed by atoms with Crippen LogP contribution in [0.5, 0.6) is 11.5 Å². The van der Waals surface area contributed by atoms with E-state index in [4.69, 9.17) is 17.0 Å². The number of aromatic amines is 1. The van der Waals surface area contributed by atoms with Crippen molar-refractivity contribution in [1.82, 2.24) is 15.3 Å². The van der Waals surface area contributed by atoms with E-state index in [9.17, 15) is 0 Å². The van der Waals surface area contributed by atoms with Crippen LogP contribution in [0.2, 0.25) is 0 Å². The van der Waals surface area contributed by atoms with Crippen LogP contribution in [-0.4, -0.2) is 15.1 Å². The molecule has 2 N–H and O–H groups in total. The standard InChI is InChI=1S/C25H22N4OS/c1-17-7-2-3-10-22(17)30-19-13-11-18(12-14-19)29-24(21-9-6-16-27-21)23(28-25(29)31)20-8-4-5-15-26-20/h2-16,23-24,27H,1H3,(H,28,31). The molecule has 1 aliphatic heterocycles. The molecule has 31 heavy (non-hydrogen) atoms. The Bertz CT molecular complexity index is 1180. The van der Waals surface area contributed by atoms with E-state index < -0.39 is 0 Å². The summed E-state index contributed by atoms with van der Waals surface area (Å²) >= 11 is 5.75. The Morgan fingerprint density at radius 2 is 1.74 bits per heavy atom. The normalized spacial score (nSPS) is 18.1. The van der Waals surface area contributed by atoms with Gasteiger partial charge in [-0.15, -0.1) is 0 Å². The number of ether oxygens (including phenoxy) is 1. The average Bonchev–Trinajstić information content (AvgIpc) is 3.44. The summed E-state index contributed by atoms with van der Waals surface area (Å²) in [6.45, 7) is 2.04. The molecule has 5 rings (SSSR count). The lowest BCUT2D eigenvalue weighted by molar-refractivity contribution is 0.479. The number of hydrogen-bond acceptors (Lipinski definition) is 3. The minimum Gasteiger partial charge on any atom is -0.457 e. The van der Waals surface area contributed by atoms with Gasteiger partial charge >= 0.3 is 0 Å². The molecule has 0 saturated carbocycles. The minimum absolute atomic E-state index is 0.0412. The maximum atomic E-state index is 6.06. The highest BCUT2D eigenvalue weighted by atomic mass is 32.1. The maximum Gasteiger partial charge on any atom is 0.174 e. The zero-order chi connectivity index (χ0) is 21.2. The molecular formula is C25H22N4OS. The van der Waals surface area contributed by atoms with Crippen molar-refractivity contribution in [3.8, 4) is 11.5 Å². The number of pyridine rings is 1. The topological polar surface area (TPSA) is 53.2 Å². The number of rotatable bonds is 5. The minimum atomic E-state index is -0.0600. The number of H-pyrrole nitrogens is 1. The van der Waals surface area contributed by atoms with E-state index in [1.54, 1.807) is 0 Å². The lowest BCUT2D eigenvalue weighted by atomic mass is 10.0. The number of anilines is 1. The third-order valence-corrected chi connectivity index (χ3v) is 5.79. The summed E-state index contributed by atoms with van der Waals surface area (Å²) in [5.41, 5.74) is 4.11. The molecule has 2 aromatic heterocycles. The van der Waals surface area contributed by atoms with Crippen LogP contribution in [0.1, 0.15) is 29.0 Å². The van der Waals surface area contributed by atoms with Gasteiger partial charge < -0.3 is 19.9 Å². The van der Waals surface area contributed by atoms with Crippen molar-refractivity contribution in [2.24, 2.45) is 0 Å². The van der Waals surface area contributed by atoms with Crippen LogP contribution in [0, 0.1) is 6.92 Å². The molecular weight excluding hydrogens is 404 g/mol. The molecule has 0 radical (unpaired) electrons. The molecule has 3 heterocycles. The van der Waals surface area contributed by atoms with Gasteiger partial charge in [0.25, 0.3) is 0 Å². The fourth-order valence-electron chi connectivity index (χ4n) is 3.95. The number of nitrogens with one attached hydrogen (secondary N) is 2. The summed E-state index contributed by atoms with van der Waals surface area (Å²) in [5, 5.41) is 4.13. The summed E-state index contributed by atoms with van der Waals surface area (Å²) in [6.07, 6.45) is 3.75. The van der Waals surface area contributed by atoms with E-state index in [0.29, 0.717) is 5.11 Å². The van der Waals surface area contributed by atoms with Gasteiger partial charge in [-0.25, -0.2) is 0 Å². The van der Waals surface area contributed by atoms with Crippen LogP contribution in [0.25, 0.3) is 0 Å². The molecule has 4 aromatic rings. The van der Waals surface area contributed by atoms with Crippen LogP contribution < -0.4 is 15.0 Å². The first-order chi connectivity index (χ1) is 15.2. The molecule has 0 bridgehead atoms. The Hall–Kier alpha value is -3.64. The van der Waals surface area contributed by atoms with Gasteiger partial charge in [-0.2, -0.15) is 0 Å². The summed E-state index contributed by atoms with van der Waals surface area (Å²) in [4.78, 5) is 10.1. The molecule has 1 fully saturated rings. The molecule has 154 valence electrons. The lowest BCUT2D eigenvalue weighted by Gasteiger charge is -2.27. The average molecular weight is 427 g/mol. The number of aromatic nitrogens is 2. The van der Waals surface area contributed by atoms with Crippen molar-refractivity contribution in [2.75, 3.05) is 4.90 Å². The van der Waals surface area contributed by atoms with Gasteiger partial charge in [0.15, 0.2) is 5.11 Å². The van der Waals surface area contributed by atoms with Gasteiger partial charge in [-0.05, 0) is 79.3 Å². The number of nitrogens with zero attached hydrogens (tertiary/aromatic N) is 2. The highest BCUT2D eigenvalue weighted by molar-refractivity contribution is 7.80. The van der Waals surface area contributed by atoms with E-state index in [1.165, 1.54) is 0 Å². The molecule has 2 unspecified atom stereocenters. The second-order valence-electron chi connectivity index (χ2n) is 7.48. The largest absolute Gasteiger partial charge is 0.457 e. The van der Waals surface area contributed by atoms with Gasteiger partial charge in [0.2, 0.25) is 0 Å². The summed E-state index contributed by atoms with van der Waals surface area (Å²) in [7, 11) is 0. The Morgan fingerprint density at radius 1 is 0.935 bits per heavy atom. The molecule has 0 amide bonds. The first kappa shape index (κ1) is 19.3. The SMILES string of the molecule is Cc1ccccc1Oc1ccc(N2C(=S)NC(c3ccccn3)C2c2ccc[nH]2)cc1. The zero-order valence-electron chi connectivity index (χ0n) is 17.0. The van der Waals surface area contributed by atoms with Gasteiger partial charge in [0.1, 0.15) is 17.5 Å². The Balaban J connectivity index is 1.46. The van der Waals surface area contributed by atoms with Crippen molar-refractivity contribution in [2.45, 2.75) is 19.0 Å². The third kappa shape index (κ3) is 3.78. The van der Waals surface area contributed by atoms with Crippen LogP contribution in [0.3, 0.4) is 0 Å². The Kier molecular flexibility index (Phi) is 5.14. The molecule has 0 aliphatic carbocycles. The van der Waals surface area contributed by atoms with E-state index in [2.05, 4.69) is 26.3 Å². The van der Waals surface area contributed by atoms with E-state index >= 15 is 0 Å². The van der Waals surface area contributed by atoms with Crippen molar-refractivity contribution in [3.63, 3.8) is 0 Å². The summed E-state index contributed by atoms with van der Waals surface area (Å²) in [5.74, 6) is 1.64. The quantitative estimate of drug-likeness (QED) is 0.402. The number of benzene rings is 2. The van der Waals surface area contributed by atoms with Gasteiger partial charge in [-0.3, -0.25) is 4.98 Å². The van der Waals surface area contributed by atoms with E-state index in [-0.39, 0.29) is 12.1 Å². The second-order valence-corrected chi connectivity index (χ2v) is 7.87. The van der Waals surface area contributed by atoms with Gasteiger partial charge in [0.05, 0.1) is 11.7 Å². The van der Waals surface area contributed by atoms with Crippen LogP contribution in [0.4, 0.5) is 5.69 Å². The monoisotopic (exact) mass is 426 g/mol. The summed E-state index contributed by atoms with van der Waals surface area (Å²) in [6, 6.07) is 26.0. The molecule has 1 aliphatic rings. The molecule has 0 spiro atoms. The van der Waals surface area contributed by atoms with Crippen LogP contribution >= 0.6 is 12.2 Å². The molecule has 5 nitrogen and oxygen atoms in total. The van der Waals surface area contributed by atoms with Crippen LogP contribution in [0.15, 0.2) is 91.3 Å². The molecule has 1 saturated heterocycles. The number of aryl methyl sites for hydroxylation is 1. The number of para-hydroxylation sites is 1. The second kappa shape index (κ2) is 8.24. The predicted molar refractivity (Wildman–Crippen MR) is 126 cm³/mol.